The Balaban J connectivity index is 3.31. The molecule has 0 bridgehead atoms. The number of hydrogen-bond donors (Lipinski definition) is 0. The summed E-state index contributed by atoms with van der Waals surface area (Å²) in [5, 5.41) is 0. The first kappa shape index (κ1) is 11.1. The molecule has 0 saturated heterocycles. The molecule has 0 unspecified atom stereocenters. The maximum Gasteiger partial charge on any atom is 0.409 e. The Bertz CT molecular complexity index is 357. The molecule has 0 aliphatic rings. The van der Waals surface area contributed by atoms with Gasteiger partial charge in [-0.05, 0) is 49.9 Å². The van der Waals surface area contributed by atoms with E-state index in [0.717, 1.165) is 22.3 Å². The van der Waals surface area contributed by atoms with E-state index >= 15 is 0 Å². The van der Waals surface area contributed by atoms with Gasteiger partial charge in [0.05, 0.1) is 0 Å². The predicted octanol–water partition coefficient (Wildman–Crippen LogP) is 3.66. The van der Waals surface area contributed by atoms with Crippen molar-refractivity contribution >= 4 is 17.0 Å². The summed E-state index contributed by atoms with van der Waals surface area (Å²) in [6, 6.07) is 2.07. The molecular weight excluding hydrogens is 200 g/mol. The monoisotopic (exact) mass is 212 g/mol. The highest BCUT2D eigenvalue weighted by molar-refractivity contribution is 6.61. The molecule has 0 N–H and O–H groups in total. The molecule has 0 spiro atoms. The van der Waals surface area contributed by atoms with Crippen molar-refractivity contribution in [1.29, 1.82) is 0 Å². The van der Waals surface area contributed by atoms with Gasteiger partial charge in [0.15, 0.2) is 0 Å². The molecule has 0 radical (unpaired) electrons. The maximum atomic E-state index is 10.7. The second-order valence-corrected chi connectivity index (χ2v) is 3.74. The van der Waals surface area contributed by atoms with E-state index in [9.17, 15) is 4.79 Å². The van der Waals surface area contributed by atoms with Crippen molar-refractivity contribution in [2.75, 3.05) is 0 Å². The van der Waals surface area contributed by atoms with Gasteiger partial charge < -0.3 is 4.74 Å². The molecule has 0 amide bonds. The van der Waals surface area contributed by atoms with E-state index in [1.807, 2.05) is 27.7 Å². The summed E-state index contributed by atoms with van der Waals surface area (Å²) >= 11 is 5.20. The van der Waals surface area contributed by atoms with E-state index in [2.05, 4.69) is 6.07 Å². The van der Waals surface area contributed by atoms with Crippen molar-refractivity contribution < 1.29 is 9.53 Å². The molecule has 1 aromatic carbocycles. The number of aryl methyl sites for hydroxylation is 2. The van der Waals surface area contributed by atoms with Crippen LogP contribution in [0.2, 0.25) is 0 Å². The van der Waals surface area contributed by atoms with Gasteiger partial charge in [0.25, 0.3) is 0 Å². The fraction of sp³-hybridized carbons (Fsp3) is 0.364. The molecule has 0 aliphatic carbocycles. The molecule has 0 atom stereocenters. The molecule has 0 aliphatic heterocycles. The molecule has 2 nitrogen and oxygen atoms in total. The lowest BCUT2D eigenvalue weighted by atomic mass is 10.0. The third-order valence-electron chi connectivity index (χ3n) is 2.48. The quantitative estimate of drug-likeness (QED) is 0.665. The predicted molar refractivity (Wildman–Crippen MR) is 57.3 cm³/mol. The number of halogens is 1. The van der Waals surface area contributed by atoms with Crippen LogP contribution in [0.4, 0.5) is 4.79 Å². The number of benzene rings is 1. The van der Waals surface area contributed by atoms with Crippen molar-refractivity contribution in [3.05, 3.63) is 28.3 Å². The summed E-state index contributed by atoms with van der Waals surface area (Å²) in [4.78, 5) is 10.7. The van der Waals surface area contributed by atoms with Crippen molar-refractivity contribution in [3.8, 4) is 5.75 Å². The zero-order valence-corrected chi connectivity index (χ0v) is 9.53. The van der Waals surface area contributed by atoms with Crippen molar-refractivity contribution in [1.82, 2.24) is 0 Å². The molecule has 0 fully saturated rings. The van der Waals surface area contributed by atoms with Crippen LogP contribution in [0.5, 0.6) is 5.75 Å². The number of hydrogen-bond acceptors (Lipinski definition) is 2. The second-order valence-electron chi connectivity index (χ2n) is 3.43. The van der Waals surface area contributed by atoms with Crippen molar-refractivity contribution in [2.24, 2.45) is 0 Å². The Morgan fingerprint density at radius 1 is 1.14 bits per heavy atom. The topological polar surface area (TPSA) is 26.3 Å². The lowest BCUT2D eigenvalue weighted by Crippen LogP contribution is -2.02. The number of carbonyl (C=O) groups is 1. The zero-order valence-electron chi connectivity index (χ0n) is 8.77. The molecular formula is C11H13ClO2. The Morgan fingerprint density at radius 3 is 1.93 bits per heavy atom. The first-order valence-corrected chi connectivity index (χ1v) is 4.76. The van der Waals surface area contributed by atoms with Gasteiger partial charge in [0.1, 0.15) is 5.75 Å². The van der Waals surface area contributed by atoms with Gasteiger partial charge in [0.2, 0.25) is 0 Å². The van der Waals surface area contributed by atoms with Crippen LogP contribution >= 0.6 is 11.6 Å². The van der Waals surface area contributed by atoms with Crippen LogP contribution in [0.25, 0.3) is 0 Å². The minimum atomic E-state index is -0.791. The van der Waals surface area contributed by atoms with E-state index in [1.165, 1.54) is 0 Å². The smallest absolute Gasteiger partial charge is 0.409 e. The minimum Gasteiger partial charge on any atom is -0.414 e. The van der Waals surface area contributed by atoms with Crippen LogP contribution in [0.3, 0.4) is 0 Å². The van der Waals surface area contributed by atoms with Gasteiger partial charge in [-0.2, -0.15) is 0 Å². The van der Waals surface area contributed by atoms with Crippen molar-refractivity contribution in [2.45, 2.75) is 27.7 Å². The standard InChI is InChI=1S/C11H13ClO2/c1-6-5-7(2)9(4)10(8(6)3)14-11(12)13/h5H,1-4H3. The number of ether oxygens (including phenoxy) is 1. The van der Waals surface area contributed by atoms with Gasteiger partial charge in [-0.1, -0.05) is 6.07 Å². The maximum absolute atomic E-state index is 10.7. The third kappa shape index (κ3) is 2.07. The van der Waals surface area contributed by atoms with Crippen LogP contribution < -0.4 is 4.74 Å². The van der Waals surface area contributed by atoms with Crippen LogP contribution in [0.1, 0.15) is 22.3 Å². The van der Waals surface area contributed by atoms with E-state index in [1.54, 1.807) is 0 Å². The fourth-order valence-electron chi connectivity index (χ4n) is 1.41. The number of carbonyl (C=O) groups excluding carboxylic acids is 1. The van der Waals surface area contributed by atoms with Crippen LogP contribution in [0, 0.1) is 27.7 Å². The summed E-state index contributed by atoms with van der Waals surface area (Å²) < 4.78 is 4.96. The Labute approximate surface area is 88.8 Å². The fourth-order valence-corrected chi connectivity index (χ4v) is 1.49. The lowest BCUT2D eigenvalue weighted by molar-refractivity contribution is 0.225. The average Bonchev–Trinajstić information content (AvgIpc) is 2.09. The summed E-state index contributed by atoms with van der Waals surface area (Å²) in [6.07, 6.45) is 0. The summed E-state index contributed by atoms with van der Waals surface area (Å²) in [5.74, 6) is 0.586. The highest BCUT2D eigenvalue weighted by Gasteiger charge is 2.11. The van der Waals surface area contributed by atoms with Gasteiger partial charge in [-0.15, -0.1) is 0 Å². The molecule has 1 rings (SSSR count). The normalized spacial score (nSPS) is 10.1. The summed E-state index contributed by atoms with van der Waals surface area (Å²) in [7, 11) is 0. The molecule has 1 aromatic rings. The van der Waals surface area contributed by atoms with E-state index < -0.39 is 5.43 Å². The van der Waals surface area contributed by atoms with Gasteiger partial charge in [-0.25, -0.2) is 4.79 Å². The summed E-state index contributed by atoms with van der Waals surface area (Å²) in [5.41, 5.74) is 3.33. The molecule has 3 heteroatoms. The molecule has 76 valence electrons. The third-order valence-corrected chi connectivity index (χ3v) is 2.56. The molecule has 0 saturated carbocycles. The van der Waals surface area contributed by atoms with E-state index in [0.29, 0.717) is 5.75 Å². The molecule has 0 aromatic heterocycles. The van der Waals surface area contributed by atoms with Crippen LogP contribution in [-0.4, -0.2) is 5.43 Å². The average molecular weight is 213 g/mol. The number of rotatable bonds is 1. The van der Waals surface area contributed by atoms with Crippen LogP contribution in [-0.2, 0) is 0 Å². The van der Waals surface area contributed by atoms with Gasteiger partial charge >= 0.3 is 5.43 Å². The Hall–Kier alpha value is -1.02. The molecule has 0 heterocycles. The van der Waals surface area contributed by atoms with Crippen LogP contribution in [0.15, 0.2) is 6.07 Å². The zero-order chi connectivity index (χ0) is 10.9. The minimum absolute atomic E-state index is 0.586. The van der Waals surface area contributed by atoms with Crippen molar-refractivity contribution in [3.63, 3.8) is 0 Å². The van der Waals surface area contributed by atoms with Gasteiger partial charge in [0, 0.05) is 11.6 Å². The first-order valence-electron chi connectivity index (χ1n) is 4.38. The first-order chi connectivity index (χ1) is 6.43. The second kappa shape index (κ2) is 4.01. The molecule has 14 heavy (non-hydrogen) atoms. The van der Waals surface area contributed by atoms with E-state index in [-0.39, 0.29) is 0 Å². The Kier molecular flexibility index (Phi) is 3.17. The van der Waals surface area contributed by atoms with Gasteiger partial charge in [-0.3, -0.25) is 0 Å². The Morgan fingerprint density at radius 2 is 1.57 bits per heavy atom. The van der Waals surface area contributed by atoms with E-state index in [4.69, 9.17) is 16.3 Å². The highest BCUT2D eigenvalue weighted by Crippen LogP contribution is 2.29. The SMILES string of the molecule is Cc1cc(C)c(C)c(OC(=O)Cl)c1C. The lowest BCUT2D eigenvalue weighted by Gasteiger charge is -2.13. The summed E-state index contributed by atoms with van der Waals surface area (Å²) in [6.45, 7) is 7.79. The largest absolute Gasteiger partial charge is 0.414 e. The highest BCUT2D eigenvalue weighted by atomic mass is 35.5.